The van der Waals surface area contributed by atoms with Gasteiger partial charge in [0.2, 0.25) is 0 Å². The Morgan fingerprint density at radius 2 is 1.97 bits per heavy atom. The van der Waals surface area contributed by atoms with Gasteiger partial charge in [-0.2, -0.15) is 4.91 Å². The van der Waals surface area contributed by atoms with Gasteiger partial charge in [-0.25, -0.2) is 4.79 Å². The molecule has 0 aliphatic heterocycles. The van der Waals surface area contributed by atoms with Crippen LogP contribution in [-0.4, -0.2) is 37.1 Å². The molecule has 162 valence electrons. The third-order valence-electron chi connectivity index (χ3n) is 9.16. The molecule has 4 fully saturated rings. The van der Waals surface area contributed by atoms with Gasteiger partial charge in [-0.1, -0.05) is 19.0 Å². The molecule has 0 heterocycles. The number of Topliss-reactive ketones (excluding diaryl/α,β-unsaturated/α-hetero) is 1. The van der Waals surface area contributed by atoms with Gasteiger partial charge in [0.05, 0.1) is 6.04 Å². The van der Waals surface area contributed by atoms with Crippen LogP contribution < -0.4 is 11.1 Å². The molecule has 29 heavy (non-hydrogen) atoms. The van der Waals surface area contributed by atoms with Crippen LogP contribution in [0.4, 0.5) is 4.79 Å². The first-order valence-electron chi connectivity index (χ1n) is 11.3. The van der Waals surface area contributed by atoms with Crippen molar-refractivity contribution in [3.63, 3.8) is 0 Å². The van der Waals surface area contributed by atoms with Crippen molar-refractivity contribution in [3.8, 4) is 0 Å². The number of hydrogen-bond donors (Lipinski definition) is 2. The highest BCUT2D eigenvalue weighted by molar-refractivity contribution is 5.87. The lowest BCUT2D eigenvalue weighted by Crippen LogP contribution is -2.58. The van der Waals surface area contributed by atoms with Crippen LogP contribution >= 0.6 is 0 Å². The lowest BCUT2D eigenvalue weighted by molar-refractivity contribution is -0.145. The molecule has 4 aliphatic rings. The lowest BCUT2D eigenvalue weighted by atomic mass is 9.44. The molecule has 7 heteroatoms. The summed E-state index contributed by atoms with van der Waals surface area (Å²) in [6.45, 7) is 5.26. The maximum atomic E-state index is 12.6. The van der Waals surface area contributed by atoms with Crippen LogP contribution in [0.3, 0.4) is 0 Å². The number of ether oxygens (including phenoxy) is 1. The third-order valence-corrected chi connectivity index (χ3v) is 9.16. The molecular weight excluding hydrogens is 370 g/mol. The Balaban J connectivity index is 1.52. The highest BCUT2D eigenvalue weighted by Crippen LogP contribution is 2.65. The van der Waals surface area contributed by atoms with Crippen molar-refractivity contribution >= 4 is 11.9 Å². The van der Waals surface area contributed by atoms with E-state index in [-0.39, 0.29) is 28.9 Å². The molecule has 3 N–H and O–H groups in total. The lowest BCUT2D eigenvalue weighted by Gasteiger charge is -2.61. The number of nitrogens with one attached hydrogen (secondary N) is 1. The van der Waals surface area contributed by atoms with E-state index in [2.05, 4.69) is 24.3 Å². The maximum absolute atomic E-state index is 12.6. The minimum absolute atomic E-state index is 0.0298. The van der Waals surface area contributed by atoms with Crippen LogP contribution in [0.2, 0.25) is 0 Å². The summed E-state index contributed by atoms with van der Waals surface area (Å²) in [5.74, 6) is 1.90. The van der Waals surface area contributed by atoms with Crippen molar-refractivity contribution in [1.82, 2.24) is 5.32 Å². The van der Waals surface area contributed by atoms with Crippen molar-refractivity contribution in [3.05, 3.63) is 4.91 Å². The van der Waals surface area contributed by atoms with E-state index in [0.29, 0.717) is 49.5 Å². The molecule has 0 bridgehead atoms. The molecule has 0 aromatic heterocycles. The van der Waals surface area contributed by atoms with E-state index in [4.69, 9.17) is 10.5 Å². The summed E-state index contributed by atoms with van der Waals surface area (Å²) in [5.41, 5.74) is 5.26. The SMILES string of the molecule is C[C@]12CC[C@H](OC(=O)NCCN)CC1C(N=O)C[C@@H]1[C@@H]2CC[C@]2(C)C(=O)CC[C@@H]12. The first-order chi connectivity index (χ1) is 13.8. The van der Waals surface area contributed by atoms with E-state index in [1.165, 1.54) is 0 Å². The highest BCUT2D eigenvalue weighted by Gasteiger charge is 2.62. The molecule has 0 aromatic rings. The van der Waals surface area contributed by atoms with Gasteiger partial charge in [0.1, 0.15) is 11.9 Å². The monoisotopic (exact) mass is 405 g/mol. The fraction of sp³-hybridized carbons (Fsp3) is 0.909. The predicted molar refractivity (Wildman–Crippen MR) is 109 cm³/mol. The number of nitrogens with two attached hydrogens (primary N) is 1. The number of alkyl carbamates (subject to hydrolysis) is 1. The summed E-state index contributed by atoms with van der Waals surface area (Å²) >= 11 is 0. The van der Waals surface area contributed by atoms with Crippen LogP contribution in [-0.2, 0) is 9.53 Å². The van der Waals surface area contributed by atoms with Crippen LogP contribution in [0.5, 0.6) is 0 Å². The molecule has 4 saturated carbocycles. The van der Waals surface area contributed by atoms with Gasteiger partial charge in [0, 0.05) is 24.9 Å². The smallest absolute Gasteiger partial charge is 0.407 e. The average molecular weight is 406 g/mol. The Hall–Kier alpha value is -1.50. The zero-order valence-corrected chi connectivity index (χ0v) is 17.7. The van der Waals surface area contributed by atoms with Crippen molar-refractivity contribution < 1.29 is 14.3 Å². The number of nitroso groups, excluding NO2 is 1. The quantitative estimate of drug-likeness (QED) is 0.697. The number of carbonyl (C=O) groups excluding carboxylic acids is 2. The van der Waals surface area contributed by atoms with Crippen molar-refractivity contribution in [1.29, 1.82) is 0 Å². The summed E-state index contributed by atoms with van der Waals surface area (Å²) in [6.07, 6.45) is 6.34. The number of rotatable bonds is 4. The van der Waals surface area contributed by atoms with Gasteiger partial charge < -0.3 is 15.8 Å². The minimum Gasteiger partial charge on any atom is -0.446 e. The van der Waals surface area contributed by atoms with E-state index in [1.807, 2.05) is 0 Å². The van der Waals surface area contributed by atoms with E-state index >= 15 is 0 Å². The Kier molecular flexibility index (Phi) is 5.47. The van der Waals surface area contributed by atoms with Gasteiger partial charge in [-0.05, 0) is 74.0 Å². The van der Waals surface area contributed by atoms with Crippen LogP contribution in [0.15, 0.2) is 5.18 Å². The van der Waals surface area contributed by atoms with Gasteiger partial charge in [0.25, 0.3) is 0 Å². The number of ketones is 1. The second-order valence-corrected chi connectivity index (χ2v) is 10.3. The molecule has 0 spiro atoms. The molecule has 4 aliphatic carbocycles. The van der Waals surface area contributed by atoms with Crippen LogP contribution in [0.1, 0.15) is 65.2 Å². The molecule has 0 radical (unpaired) electrons. The Labute approximate surface area is 172 Å². The van der Waals surface area contributed by atoms with E-state index in [1.54, 1.807) is 0 Å². The summed E-state index contributed by atoms with van der Waals surface area (Å²) in [5, 5.41) is 6.24. The van der Waals surface area contributed by atoms with Crippen molar-refractivity contribution in [2.45, 2.75) is 77.4 Å². The molecule has 1 amide bonds. The Bertz CT molecular complexity index is 685. The summed E-state index contributed by atoms with van der Waals surface area (Å²) in [6, 6.07) is -0.252. The van der Waals surface area contributed by atoms with Gasteiger partial charge in [0.15, 0.2) is 0 Å². The molecule has 2 unspecified atom stereocenters. The second-order valence-electron chi connectivity index (χ2n) is 10.3. The highest BCUT2D eigenvalue weighted by atomic mass is 16.6. The van der Waals surface area contributed by atoms with Crippen LogP contribution in [0, 0.1) is 39.4 Å². The van der Waals surface area contributed by atoms with Gasteiger partial charge in [-0.15, -0.1) is 0 Å². The number of amides is 1. The Morgan fingerprint density at radius 3 is 2.69 bits per heavy atom. The maximum Gasteiger partial charge on any atom is 0.407 e. The molecule has 7 nitrogen and oxygen atoms in total. The third kappa shape index (κ3) is 3.29. The number of carbonyl (C=O) groups is 2. The summed E-state index contributed by atoms with van der Waals surface area (Å²) < 4.78 is 5.62. The first-order valence-corrected chi connectivity index (χ1v) is 11.3. The second kappa shape index (κ2) is 7.64. The van der Waals surface area contributed by atoms with Crippen molar-refractivity contribution in [2.75, 3.05) is 13.1 Å². The van der Waals surface area contributed by atoms with Crippen molar-refractivity contribution in [2.24, 2.45) is 45.4 Å². The normalized spacial score (nSPS) is 46.2. The first kappa shape index (κ1) is 20.8. The zero-order chi connectivity index (χ0) is 20.8. The van der Waals surface area contributed by atoms with E-state index in [0.717, 1.165) is 38.5 Å². The molecule has 4 rings (SSSR count). The largest absolute Gasteiger partial charge is 0.446 e. The molecular formula is C22H35N3O4. The standard InChI is InChI=1S/C22H35N3O4/c1-21-7-5-13(29-20(27)24-10-9-23)11-17(21)18(25-28)12-14-15-3-4-19(26)22(15,2)8-6-16(14)21/h13-18H,3-12,23H2,1-2H3,(H,24,27)/t13-,14-,15-,16-,17?,18?,21+,22-/m0/s1. The minimum atomic E-state index is -0.425. The zero-order valence-electron chi connectivity index (χ0n) is 17.7. The summed E-state index contributed by atoms with van der Waals surface area (Å²) in [7, 11) is 0. The predicted octanol–water partition coefficient (Wildman–Crippen LogP) is 3.40. The Morgan fingerprint density at radius 1 is 1.17 bits per heavy atom. The number of hydrogen-bond acceptors (Lipinski definition) is 6. The van der Waals surface area contributed by atoms with Crippen LogP contribution in [0.25, 0.3) is 0 Å². The van der Waals surface area contributed by atoms with E-state index in [9.17, 15) is 14.5 Å². The average Bonchev–Trinajstić information content (AvgIpc) is 3.01. The fourth-order valence-electron chi connectivity index (χ4n) is 7.62. The fourth-order valence-corrected chi connectivity index (χ4v) is 7.62. The number of nitrogens with zero attached hydrogens (tertiary/aromatic N) is 1. The van der Waals surface area contributed by atoms with Gasteiger partial charge >= 0.3 is 6.09 Å². The summed E-state index contributed by atoms with van der Waals surface area (Å²) in [4.78, 5) is 36.5. The molecule has 0 aromatic carbocycles. The topological polar surface area (TPSA) is 111 Å². The molecule has 0 saturated heterocycles. The van der Waals surface area contributed by atoms with Gasteiger partial charge in [-0.3, -0.25) is 4.79 Å². The molecule has 8 atom stereocenters. The van der Waals surface area contributed by atoms with E-state index < -0.39 is 6.09 Å². The number of fused-ring (bicyclic) bond motifs is 5.